The van der Waals surface area contributed by atoms with Crippen molar-refractivity contribution < 1.29 is 9.53 Å². The van der Waals surface area contributed by atoms with Crippen molar-refractivity contribution in [1.29, 1.82) is 0 Å². The predicted molar refractivity (Wildman–Crippen MR) is 119 cm³/mol. The average Bonchev–Trinajstić information content (AvgIpc) is 3.03. The van der Waals surface area contributed by atoms with Gasteiger partial charge in [-0.15, -0.1) is 11.8 Å². The summed E-state index contributed by atoms with van der Waals surface area (Å²) in [7, 11) is 0. The van der Waals surface area contributed by atoms with Gasteiger partial charge in [-0.2, -0.15) is 0 Å². The fourth-order valence-electron chi connectivity index (χ4n) is 4.49. The normalized spacial score (nSPS) is 19.9. The topological polar surface area (TPSA) is 41.6 Å². The smallest absolute Gasteiger partial charge is 0.255 e. The number of hydrogen-bond donors (Lipinski definition) is 1. The zero-order valence-corrected chi connectivity index (χ0v) is 18.6. The molecule has 4 nitrogen and oxygen atoms in total. The van der Waals surface area contributed by atoms with Crippen LogP contribution >= 0.6 is 11.8 Å². The van der Waals surface area contributed by atoms with Crippen molar-refractivity contribution in [2.45, 2.75) is 56.7 Å². The highest BCUT2D eigenvalue weighted by atomic mass is 32.2. The first-order chi connectivity index (χ1) is 13.9. The second-order valence-electron chi connectivity index (χ2n) is 8.60. The molecule has 0 bridgehead atoms. The molecule has 0 spiro atoms. The van der Waals surface area contributed by atoms with E-state index in [1.807, 2.05) is 12.3 Å². The summed E-state index contributed by atoms with van der Waals surface area (Å²) >= 11 is 1.67. The summed E-state index contributed by atoms with van der Waals surface area (Å²) in [6.45, 7) is 8.90. The largest absolute Gasteiger partial charge is 0.486 e. The van der Waals surface area contributed by atoms with Crippen molar-refractivity contribution in [1.82, 2.24) is 10.2 Å². The van der Waals surface area contributed by atoms with Gasteiger partial charge >= 0.3 is 0 Å². The van der Waals surface area contributed by atoms with Crippen LogP contribution in [0.2, 0.25) is 0 Å². The molecule has 0 radical (unpaired) electrons. The molecule has 0 unspecified atom stereocenters. The van der Waals surface area contributed by atoms with Gasteiger partial charge in [0.2, 0.25) is 0 Å². The van der Waals surface area contributed by atoms with Gasteiger partial charge in [-0.05, 0) is 56.3 Å². The standard InChI is InChI=1S/C24H30N2O2S/c1-5-26-15-17-9-7-6-8-16(17)10-19(26)14-25-23(27)21-12-20(29-4)11-18-13-24(2,3)28-22(18)21/h6-9,11-12,19H,5,10,13-15H2,1-4H3,(H,25,27)/t19-/m1/s1. The Labute approximate surface area is 178 Å². The predicted octanol–water partition coefficient (Wildman–Crippen LogP) is 4.30. The first-order valence-corrected chi connectivity index (χ1v) is 11.6. The molecule has 2 aromatic carbocycles. The summed E-state index contributed by atoms with van der Waals surface area (Å²) in [5.41, 5.74) is 4.33. The zero-order chi connectivity index (χ0) is 20.6. The van der Waals surface area contributed by atoms with E-state index in [1.54, 1.807) is 11.8 Å². The molecule has 4 rings (SSSR count). The van der Waals surface area contributed by atoms with E-state index < -0.39 is 0 Å². The highest BCUT2D eigenvalue weighted by Crippen LogP contribution is 2.40. The molecular weight excluding hydrogens is 380 g/mol. The van der Waals surface area contributed by atoms with Gasteiger partial charge < -0.3 is 10.1 Å². The van der Waals surface area contributed by atoms with Crippen LogP contribution in [0.5, 0.6) is 5.75 Å². The van der Waals surface area contributed by atoms with Crippen molar-refractivity contribution >= 4 is 17.7 Å². The van der Waals surface area contributed by atoms with Crippen LogP contribution in [0.1, 0.15) is 47.8 Å². The van der Waals surface area contributed by atoms with Gasteiger partial charge in [0.25, 0.3) is 5.91 Å². The van der Waals surface area contributed by atoms with Crippen LogP contribution in [0.3, 0.4) is 0 Å². The van der Waals surface area contributed by atoms with Crippen molar-refractivity contribution in [2.75, 3.05) is 19.3 Å². The molecule has 5 heteroatoms. The van der Waals surface area contributed by atoms with Crippen LogP contribution in [0.25, 0.3) is 0 Å². The lowest BCUT2D eigenvalue weighted by Crippen LogP contribution is -2.47. The lowest BCUT2D eigenvalue weighted by atomic mass is 9.94. The fourth-order valence-corrected chi connectivity index (χ4v) is 4.98. The highest BCUT2D eigenvalue weighted by Gasteiger charge is 2.34. The minimum atomic E-state index is -0.263. The van der Waals surface area contributed by atoms with Crippen molar-refractivity contribution in [3.63, 3.8) is 0 Å². The first-order valence-electron chi connectivity index (χ1n) is 10.4. The van der Waals surface area contributed by atoms with E-state index in [9.17, 15) is 4.79 Å². The quantitative estimate of drug-likeness (QED) is 0.747. The van der Waals surface area contributed by atoms with Crippen molar-refractivity contribution in [2.24, 2.45) is 0 Å². The van der Waals surface area contributed by atoms with E-state index >= 15 is 0 Å². The van der Waals surface area contributed by atoms with Crippen molar-refractivity contribution in [3.8, 4) is 5.75 Å². The maximum atomic E-state index is 13.1. The highest BCUT2D eigenvalue weighted by molar-refractivity contribution is 7.98. The van der Waals surface area contributed by atoms with Crippen LogP contribution in [-0.4, -0.2) is 41.8 Å². The number of fused-ring (bicyclic) bond motifs is 2. The maximum Gasteiger partial charge on any atom is 0.255 e. The lowest BCUT2D eigenvalue weighted by molar-refractivity contribution is 0.0914. The van der Waals surface area contributed by atoms with E-state index in [2.05, 4.69) is 61.3 Å². The number of likely N-dealkylation sites (N-methyl/N-ethyl adjacent to an activating group) is 1. The molecule has 154 valence electrons. The molecular formula is C24H30N2O2S. The van der Waals surface area contributed by atoms with Crippen LogP contribution in [0.4, 0.5) is 0 Å². The number of hydrogen-bond acceptors (Lipinski definition) is 4. The summed E-state index contributed by atoms with van der Waals surface area (Å²) < 4.78 is 6.15. The van der Waals surface area contributed by atoms with Crippen LogP contribution in [0.15, 0.2) is 41.3 Å². The minimum absolute atomic E-state index is 0.0373. The third kappa shape index (κ3) is 4.17. The van der Waals surface area contributed by atoms with Crippen LogP contribution in [0, 0.1) is 0 Å². The van der Waals surface area contributed by atoms with Gasteiger partial charge in [0.05, 0.1) is 5.56 Å². The van der Waals surface area contributed by atoms with E-state index in [4.69, 9.17) is 4.74 Å². The molecule has 2 aliphatic rings. The molecule has 0 fully saturated rings. The second kappa shape index (κ2) is 8.04. The first kappa shape index (κ1) is 20.3. The summed E-state index contributed by atoms with van der Waals surface area (Å²) in [6, 6.07) is 13.1. The molecule has 1 N–H and O–H groups in total. The molecule has 0 saturated carbocycles. The molecule has 29 heavy (non-hydrogen) atoms. The third-order valence-electron chi connectivity index (χ3n) is 5.98. The molecule has 1 atom stereocenters. The molecule has 2 heterocycles. The second-order valence-corrected chi connectivity index (χ2v) is 9.48. The number of amides is 1. The summed E-state index contributed by atoms with van der Waals surface area (Å²) in [5, 5.41) is 3.20. The number of ether oxygens (including phenoxy) is 1. The van der Waals surface area contributed by atoms with Crippen LogP contribution in [-0.2, 0) is 19.4 Å². The number of carbonyl (C=O) groups excluding carboxylic acids is 1. The number of nitrogens with one attached hydrogen (secondary N) is 1. The Morgan fingerprint density at radius 1 is 1.24 bits per heavy atom. The molecule has 2 aromatic rings. The van der Waals surface area contributed by atoms with Gasteiger partial charge in [-0.1, -0.05) is 31.2 Å². The number of benzene rings is 2. The summed E-state index contributed by atoms with van der Waals surface area (Å²) in [6.07, 6.45) is 3.85. The van der Waals surface area contributed by atoms with Crippen molar-refractivity contribution in [3.05, 3.63) is 58.7 Å². The average molecular weight is 411 g/mol. The SMILES string of the molecule is CCN1Cc2ccccc2C[C@@H]1CNC(=O)c1cc(SC)cc2c1OC(C)(C)C2. The van der Waals surface area contributed by atoms with Gasteiger partial charge in [0, 0.05) is 36.0 Å². The molecule has 1 amide bonds. The van der Waals surface area contributed by atoms with Crippen LogP contribution < -0.4 is 10.1 Å². The number of rotatable bonds is 5. The van der Waals surface area contributed by atoms with Gasteiger partial charge in [-0.25, -0.2) is 0 Å². The Balaban J connectivity index is 1.51. The maximum absolute atomic E-state index is 13.1. The minimum Gasteiger partial charge on any atom is -0.486 e. The number of nitrogens with zero attached hydrogens (tertiary/aromatic N) is 1. The number of carbonyl (C=O) groups is 1. The molecule has 0 aromatic heterocycles. The summed E-state index contributed by atoms with van der Waals surface area (Å²) in [5.74, 6) is 0.719. The Morgan fingerprint density at radius 2 is 2.00 bits per heavy atom. The Morgan fingerprint density at radius 3 is 2.72 bits per heavy atom. The third-order valence-corrected chi connectivity index (χ3v) is 6.69. The zero-order valence-electron chi connectivity index (χ0n) is 17.7. The molecule has 0 aliphatic carbocycles. The van der Waals surface area contributed by atoms with E-state index in [1.165, 1.54) is 11.1 Å². The Kier molecular flexibility index (Phi) is 5.63. The molecule has 0 saturated heterocycles. The van der Waals surface area contributed by atoms with E-state index in [-0.39, 0.29) is 11.5 Å². The Hall–Kier alpha value is -1.98. The summed E-state index contributed by atoms with van der Waals surface area (Å²) in [4.78, 5) is 16.7. The van der Waals surface area contributed by atoms with Gasteiger partial charge in [-0.3, -0.25) is 9.69 Å². The fraction of sp³-hybridized carbons (Fsp3) is 0.458. The Bertz CT molecular complexity index is 925. The van der Waals surface area contributed by atoms with Gasteiger partial charge in [0.1, 0.15) is 11.4 Å². The lowest BCUT2D eigenvalue weighted by Gasteiger charge is -2.36. The monoisotopic (exact) mass is 410 g/mol. The van der Waals surface area contributed by atoms with E-state index in [0.717, 1.165) is 42.1 Å². The number of thioether (sulfide) groups is 1. The molecule has 2 aliphatic heterocycles. The van der Waals surface area contributed by atoms with E-state index in [0.29, 0.717) is 18.2 Å². The van der Waals surface area contributed by atoms with Gasteiger partial charge in [0.15, 0.2) is 0 Å².